The Hall–Kier alpha value is -3.35. The van der Waals surface area contributed by atoms with E-state index in [0.717, 1.165) is 28.1 Å². The van der Waals surface area contributed by atoms with Crippen LogP contribution in [0, 0.1) is 20.8 Å². The first-order valence-corrected chi connectivity index (χ1v) is 8.78. The average Bonchev–Trinajstić information content (AvgIpc) is 3.03. The molecule has 7 nitrogen and oxygen atoms in total. The number of hydrogen-bond donors (Lipinski definition) is 1. The molecule has 4 rings (SSSR count). The summed E-state index contributed by atoms with van der Waals surface area (Å²) < 4.78 is 5.25. The molecule has 0 atom stereocenters. The van der Waals surface area contributed by atoms with Gasteiger partial charge in [0.05, 0.1) is 39.1 Å². The Morgan fingerprint density at radius 2 is 1.74 bits per heavy atom. The van der Waals surface area contributed by atoms with E-state index in [0.29, 0.717) is 34.5 Å². The van der Waals surface area contributed by atoms with Crippen LogP contribution in [0.3, 0.4) is 0 Å². The third kappa shape index (κ3) is 3.01. The number of nitrogens with zero attached hydrogens (tertiary/aromatic N) is 4. The van der Waals surface area contributed by atoms with Gasteiger partial charge in [-0.2, -0.15) is 0 Å². The quantitative estimate of drug-likeness (QED) is 0.595. The maximum atomic E-state index is 13.0. The van der Waals surface area contributed by atoms with Crippen molar-refractivity contribution in [1.82, 2.24) is 20.1 Å². The third-order valence-corrected chi connectivity index (χ3v) is 4.61. The predicted molar refractivity (Wildman–Crippen MR) is 103 cm³/mol. The molecule has 0 aliphatic heterocycles. The maximum absolute atomic E-state index is 13.0. The molecule has 0 aliphatic rings. The van der Waals surface area contributed by atoms with Gasteiger partial charge in [-0.25, -0.2) is 15.0 Å². The number of fused-ring (bicyclic) bond motifs is 2. The molecule has 0 aliphatic carbocycles. The van der Waals surface area contributed by atoms with Crippen LogP contribution in [0.2, 0.25) is 0 Å². The molecule has 136 valence electrons. The summed E-state index contributed by atoms with van der Waals surface area (Å²) in [7, 11) is 0. The lowest BCUT2D eigenvalue weighted by atomic mass is 10.1. The summed E-state index contributed by atoms with van der Waals surface area (Å²) in [5, 5.41) is 7.52. The number of benzene rings is 1. The summed E-state index contributed by atoms with van der Waals surface area (Å²) in [6, 6.07) is 7.29. The van der Waals surface area contributed by atoms with Gasteiger partial charge in [-0.3, -0.25) is 4.79 Å². The van der Waals surface area contributed by atoms with Crippen LogP contribution in [0.15, 0.2) is 28.8 Å². The Balaban J connectivity index is 1.74. The molecule has 1 amide bonds. The number of nitrogens with one attached hydrogen (secondary N) is 1. The smallest absolute Gasteiger partial charge is 0.258 e. The molecule has 0 spiro atoms. The van der Waals surface area contributed by atoms with Gasteiger partial charge < -0.3 is 9.84 Å². The molecule has 0 bridgehead atoms. The predicted octanol–water partition coefficient (Wildman–Crippen LogP) is 3.91. The first-order valence-electron chi connectivity index (χ1n) is 8.78. The molecular weight excluding hydrogens is 342 g/mol. The molecule has 0 saturated heterocycles. The molecular formula is C20H19N5O2. The summed E-state index contributed by atoms with van der Waals surface area (Å²) in [4.78, 5) is 26.4. The molecule has 0 radical (unpaired) electrons. The van der Waals surface area contributed by atoms with Crippen molar-refractivity contribution in [3.8, 4) is 0 Å². The third-order valence-electron chi connectivity index (χ3n) is 4.61. The molecule has 0 saturated carbocycles. The van der Waals surface area contributed by atoms with Crippen LogP contribution in [0.4, 0.5) is 5.69 Å². The fourth-order valence-corrected chi connectivity index (χ4v) is 3.01. The number of anilines is 1. The Morgan fingerprint density at radius 3 is 2.48 bits per heavy atom. The molecule has 3 aromatic heterocycles. The second-order valence-corrected chi connectivity index (χ2v) is 6.51. The topological polar surface area (TPSA) is 93.8 Å². The summed E-state index contributed by atoms with van der Waals surface area (Å²) in [6.45, 7) is 7.62. The van der Waals surface area contributed by atoms with Crippen molar-refractivity contribution in [1.29, 1.82) is 0 Å². The second kappa shape index (κ2) is 6.42. The first kappa shape index (κ1) is 17.1. The summed E-state index contributed by atoms with van der Waals surface area (Å²) >= 11 is 0. The van der Waals surface area contributed by atoms with E-state index >= 15 is 0 Å². The van der Waals surface area contributed by atoms with Crippen LogP contribution < -0.4 is 5.32 Å². The van der Waals surface area contributed by atoms with Gasteiger partial charge in [0, 0.05) is 11.4 Å². The fourth-order valence-electron chi connectivity index (χ4n) is 3.01. The van der Waals surface area contributed by atoms with E-state index in [2.05, 4.69) is 25.4 Å². The standard InChI is InChI=1S/C20H19N5O2/c1-5-13-8-15(18-12(4)25-27-20(18)24-13)19(26)23-14-6-7-16-17(9-14)22-11(3)10(2)21-16/h6-9H,5H2,1-4H3,(H,23,26). The number of aryl methyl sites for hydroxylation is 4. The molecule has 1 aromatic carbocycles. The highest BCUT2D eigenvalue weighted by molar-refractivity contribution is 6.12. The Kier molecular flexibility index (Phi) is 4.07. The van der Waals surface area contributed by atoms with Gasteiger partial charge in [0.15, 0.2) is 0 Å². The largest absolute Gasteiger partial charge is 0.336 e. The van der Waals surface area contributed by atoms with Gasteiger partial charge in [-0.1, -0.05) is 12.1 Å². The van der Waals surface area contributed by atoms with Crippen molar-refractivity contribution < 1.29 is 9.32 Å². The number of amides is 1. The minimum atomic E-state index is -0.237. The van der Waals surface area contributed by atoms with Crippen LogP contribution >= 0.6 is 0 Å². The first-order chi connectivity index (χ1) is 13.0. The molecule has 4 aromatic rings. The van der Waals surface area contributed by atoms with E-state index in [1.807, 2.05) is 39.0 Å². The van der Waals surface area contributed by atoms with Crippen LogP contribution in [0.1, 0.15) is 40.1 Å². The zero-order valence-electron chi connectivity index (χ0n) is 15.6. The number of pyridine rings is 1. The number of rotatable bonds is 3. The van der Waals surface area contributed by atoms with Crippen LogP contribution in [-0.2, 0) is 6.42 Å². The summed E-state index contributed by atoms with van der Waals surface area (Å²) in [5.74, 6) is -0.237. The molecule has 7 heteroatoms. The van der Waals surface area contributed by atoms with Crippen LogP contribution in [0.25, 0.3) is 22.1 Å². The van der Waals surface area contributed by atoms with Crippen molar-refractivity contribution in [2.75, 3.05) is 5.32 Å². The van der Waals surface area contributed by atoms with Crippen molar-refractivity contribution >= 4 is 33.7 Å². The SMILES string of the molecule is CCc1cc(C(=O)Nc2ccc3nc(C)c(C)nc3c2)c2c(C)noc2n1. The van der Waals surface area contributed by atoms with Gasteiger partial charge in [-0.05, 0) is 51.5 Å². The van der Waals surface area contributed by atoms with Gasteiger partial charge >= 0.3 is 0 Å². The highest BCUT2D eigenvalue weighted by Gasteiger charge is 2.18. The van der Waals surface area contributed by atoms with Crippen molar-refractivity contribution in [3.63, 3.8) is 0 Å². The molecule has 0 unspecified atom stereocenters. The number of aromatic nitrogens is 4. The number of hydrogen-bond acceptors (Lipinski definition) is 6. The minimum absolute atomic E-state index is 0.237. The van der Waals surface area contributed by atoms with Gasteiger partial charge in [0.1, 0.15) is 0 Å². The van der Waals surface area contributed by atoms with E-state index < -0.39 is 0 Å². The van der Waals surface area contributed by atoms with E-state index in [1.54, 1.807) is 13.0 Å². The second-order valence-electron chi connectivity index (χ2n) is 6.51. The van der Waals surface area contributed by atoms with Gasteiger partial charge in [-0.15, -0.1) is 0 Å². The Labute approximate surface area is 155 Å². The molecule has 27 heavy (non-hydrogen) atoms. The van der Waals surface area contributed by atoms with Crippen LogP contribution in [-0.4, -0.2) is 26.0 Å². The summed E-state index contributed by atoms with van der Waals surface area (Å²) in [5.41, 5.74) is 6.26. The fraction of sp³-hybridized carbons (Fsp3) is 0.250. The molecule has 0 fully saturated rings. The maximum Gasteiger partial charge on any atom is 0.258 e. The minimum Gasteiger partial charge on any atom is -0.336 e. The highest BCUT2D eigenvalue weighted by atomic mass is 16.5. The zero-order chi connectivity index (χ0) is 19.1. The number of carbonyl (C=O) groups excluding carboxylic acids is 1. The van der Waals surface area contributed by atoms with E-state index in [9.17, 15) is 4.79 Å². The highest BCUT2D eigenvalue weighted by Crippen LogP contribution is 2.24. The lowest BCUT2D eigenvalue weighted by molar-refractivity contribution is 0.102. The lowest BCUT2D eigenvalue weighted by Crippen LogP contribution is -2.13. The Morgan fingerprint density at radius 1 is 1.00 bits per heavy atom. The number of carbonyl (C=O) groups is 1. The van der Waals surface area contributed by atoms with Crippen molar-refractivity contribution in [2.45, 2.75) is 34.1 Å². The van der Waals surface area contributed by atoms with E-state index in [1.165, 1.54) is 0 Å². The monoisotopic (exact) mass is 361 g/mol. The molecule has 1 N–H and O–H groups in total. The normalized spacial score (nSPS) is 11.3. The summed E-state index contributed by atoms with van der Waals surface area (Å²) in [6.07, 6.45) is 0.695. The van der Waals surface area contributed by atoms with Crippen LogP contribution in [0.5, 0.6) is 0 Å². The average molecular weight is 361 g/mol. The zero-order valence-corrected chi connectivity index (χ0v) is 15.6. The van der Waals surface area contributed by atoms with E-state index in [-0.39, 0.29) is 5.91 Å². The van der Waals surface area contributed by atoms with Gasteiger partial charge in [0.2, 0.25) is 0 Å². The molecule has 3 heterocycles. The Bertz CT molecular complexity index is 1200. The lowest BCUT2D eigenvalue weighted by Gasteiger charge is -2.09. The van der Waals surface area contributed by atoms with E-state index in [4.69, 9.17) is 4.52 Å². The van der Waals surface area contributed by atoms with Crippen molar-refractivity contribution in [3.05, 3.63) is 52.6 Å². The van der Waals surface area contributed by atoms with Gasteiger partial charge in [0.25, 0.3) is 11.6 Å². The van der Waals surface area contributed by atoms with Crippen molar-refractivity contribution in [2.24, 2.45) is 0 Å².